The Morgan fingerprint density at radius 1 is 1.38 bits per heavy atom. The Morgan fingerprint density at radius 2 is 2.06 bits per heavy atom. The SMILES string of the molecule is CC(=O)NC1CC(OCc2ccccc2)C1. The highest BCUT2D eigenvalue weighted by molar-refractivity contribution is 5.73. The lowest BCUT2D eigenvalue weighted by Gasteiger charge is -2.35. The molecule has 1 N–H and O–H groups in total. The van der Waals surface area contributed by atoms with Crippen molar-refractivity contribution >= 4 is 5.91 Å². The minimum absolute atomic E-state index is 0.0477. The molecule has 0 unspecified atom stereocenters. The van der Waals surface area contributed by atoms with Crippen molar-refractivity contribution in [1.29, 1.82) is 0 Å². The summed E-state index contributed by atoms with van der Waals surface area (Å²) in [4.78, 5) is 10.8. The fraction of sp³-hybridized carbons (Fsp3) is 0.462. The van der Waals surface area contributed by atoms with Crippen molar-refractivity contribution in [2.75, 3.05) is 0 Å². The van der Waals surface area contributed by atoms with E-state index in [-0.39, 0.29) is 5.91 Å². The first-order valence-corrected chi connectivity index (χ1v) is 5.66. The molecule has 0 atom stereocenters. The number of hydrogen-bond donors (Lipinski definition) is 1. The Bertz CT molecular complexity index is 344. The van der Waals surface area contributed by atoms with Gasteiger partial charge >= 0.3 is 0 Å². The van der Waals surface area contributed by atoms with E-state index in [4.69, 9.17) is 4.74 Å². The van der Waals surface area contributed by atoms with Crippen molar-refractivity contribution in [2.24, 2.45) is 0 Å². The largest absolute Gasteiger partial charge is 0.373 e. The average molecular weight is 219 g/mol. The molecule has 0 heterocycles. The van der Waals surface area contributed by atoms with Crippen LogP contribution in [0.1, 0.15) is 25.3 Å². The van der Waals surface area contributed by atoms with Crippen LogP contribution in [0.2, 0.25) is 0 Å². The summed E-state index contributed by atoms with van der Waals surface area (Å²) in [5.41, 5.74) is 1.20. The van der Waals surface area contributed by atoms with Crippen LogP contribution in [0.25, 0.3) is 0 Å². The van der Waals surface area contributed by atoms with Crippen LogP contribution in [0.15, 0.2) is 30.3 Å². The highest BCUT2D eigenvalue weighted by atomic mass is 16.5. The van der Waals surface area contributed by atoms with E-state index in [9.17, 15) is 4.79 Å². The number of amides is 1. The molecule has 1 aromatic carbocycles. The van der Waals surface area contributed by atoms with Crippen molar-refractivity contribution in [3.8, 4) is 0 Å². The van der Waals surface area contributed by atoms with Crippen molar-refractivity contribution < 1.29 is 9.53 Å². The second kappa shape index (κ2) is 5.12. The molecular weight excluding hydrogens is 202 g/mol. The lowest BCUT2D eigenvalue weighted by atomic mass is 9.89. The van der Waals surface area contributed by atoms with Crippen molar-refractivity contribution in [3.63, 3.8) is 0 Å². The van der Waals surface area contributed by atoms with Gasteiger partial charge in [0.1, 0.15) is 0 Å². The molecule has 3 heteroatoms. The molecule has 1 saturated carbocycles. The number of nitrogens with one attached hydrogen (secondary N) is 1. The minimum Gasteiger partial charge on any atom is -0.373 e. The lowest BCUT2D eigenvalue weighted by molar-refractivity contribution is -0.121. The zero-order valence-electron chi connectivity index (χ0n) is 9.48. The molecule has 0 aromatic heterocycles. The van der Waals surface area contributed by atoms with Crippen LogP contribution in [0, 0.1) is 0 Å². The number of rotatable bonds is 4. The normalized spacial score (nSPS) is 23.6. The molecule has 0 saturated heterocycles. The van der Waals surface area contributed by atoms with E-state index in [2.05, 4.69) is 17.4 Å². The van der Waals surface area contributed by atoms with Gasteiger partial charge in [-0.15, -0.1) is 0 Å². The Kier molecular flexibility index (Phi) is 3.57. The molecule has 0 aliphatic heterocycles. The van der Waals surface area contributed by atoms with Gasteiger partial charge < -0.3 is 10.1 Å². The molecule has 86 valence electrons. The van der Waals surface area contributed by atoms with E-state index in [1.54, 1.807) is 6.92 Å². The number of ether oxygens (including phenoxy) is 1. The first-order chi connectivity index (χ1) is 7.74. The number of benzene rings is 1. The Balaban J connectivity index is 1.65. The number of carbonyl (C=O) groups is 1. The minimum atomic E-state index is 0.0477. The van der Waals surface area contributed by atoms with Crippen LogP contribution < -0.4 is 5.32 Å². The lowest BCUT2D eigenvalue weighted by Crippen LogP contribution is -2.47. The summed E-state index contributed by atoms with van der Waals surface area (Å²) in [6.45, 7) is 2.22. The summed E-state index contributed by atoms with van der Waals surface area (Å²) < 4.78 is 5.72. The van der Waals surface area contributed by atoms with Crippen molar-refractivity contribution in [2.45, 2.75) is 38.5 Å². The van der Waals surface area contributed by atoms with Gasteiger partial charge in [0.15, 0.2) is 0 Å². The average Bonchev–Trinajstić information content (AvgIpc) is 2.22. The van der Waals surface area contributed by atoms with Crippen LogP contribution in [0.5, 0.6) is 0 Å². The van der Waals surface area contributed by atoms with Crippen LogP contribution >= 0.6 is 0 Å². The van der Waals surface area contributed by atoms with Crippen LogP contribution in [-0.2, 0) is 16.1 Å². The molecule has 1 aromatic rings. The third-order valence-corrected chi connectivity index (χ3v) is 2.83. The highest BCUT2D eigenvalue weighted by Crippen LogP contribution is 2.24. The van der Waals surface area contributed by atoms with Crippen LogP contribution in [0.3, 0.4) is 0 Å². The van der Waals surface area contributed by atoms with E-state index < -0.39 is 0 Å². The summed E-state index contributed by atoms with van der Waals surface area (Å²) in [6, 6.07) is 10.5. The summed E-state index contributed by atoms with van der Waals surface area (Å²) >= 11 is 0. The first-order valence-electron chi connectivity index (χ1n) is 5.66. The smallest absolute Gasteiger partial charge is 0.217 e. The molecule has 2 rings (SSSR count). The molecule has 1 aliphatic carbocycles. The molecule has 0 bridgehead atoms. The molecule has 3 nitrogen and oxygen atoms in total. The zero-order valence-corrected chi connectivity index (χ0v) is 9.48. The van der Waals surface area contributed by atoms with Gasteiger partial charge in [0.25, 0.3) is 0 Å². The van der Waals surface area contributed by atoms with Crippen LogP contribution in [0.4, 0.5) is 0 Å². The summed E-state index contributed by atoms with van der Waals surface area (Å²) in [5.74, 6) is 0.0477. The van der Waals surface area contributed by atoms with Gasteiger partial charge in [-0.2, -0.15) is 0 Å². The standard InChI is InChI=1S/C13H17NO2/c1-10(15)14-12-7-13(8-12)16-9-11-5-3-2-4-6-11/h2-6,12-13H,7-9H2,1H3,(H,14,15). The maximum absolute atomic E-state index is 10.8. The fourth-order valence-corrected chi connectivity index (χ4v) is 1.90. The molecule has 16 heavy (non-hydrogen) atoms. The molecule has 0 spiro atoms. The van der Waals surface area contributed by atoms with Gasteiger partial charge in [-0.3, -0.25) is 4.79 Å². The third kappa shape index (κ3) is 3.07. The van der Waals surface area contributed by atoms with Gasteiger partial charge in [-0.1, -0.05) is 30.3 Å². The van der Waals surface area contributed by atoms with E-state index in [1.165, 1.54) is 5.56 Å². The Labute approximate surface area is 95.8 Å². The van der Waals surface area contributed by atoms with Gasteiger partial charge in [-0.05, 0) is 18.4 Å². The second-order valence-corrected chi connectivity index (χ2v) is 4.29. The molecule has 1 fully saturated rings. The fourth-order valence-electron chi connectivity index (χ4n) is 1.90. The van der Waals surface area contributed by atoms with Crippen molar-refractivity contribution in [3.05, 3.63) is 35.9 Å². The predicted molar refractivity (Wildman–Crippen MR) is 61.9 cm³/mol. The van der Waals surface area contributed by atoms with E-state index in [1.807, 2.05) is 18.2 Å². The number of hydrogen-bond acceptors (Lipinski definition) is 2. The zero-order chi connectivity index (χ0) is 11.4. The third-order valence-electron chi connectivity index (χ3n) is 2.83. The van der Waals surface area contributed by atoms with Gasteiger partial charge in [0.2, 0.25) is 5.91 Å². The van der Waals surface area contributed by atoms with Crippen molar-refractivity contribution in [1.82, 2.24) is 5.32 Å². The first kappa shape index (κ1) is 11.1. The number of carbonyl (C=O) groups excluding carboxylic acids is 1. The molecule has 0 radical (unpaired) electrons. The van der Waals surface area contributed by atoms with Gasteiger partial charge in [0.05, 0.1) is 12.7 Å². The maximum Gasteiger partial charge on any atom is 0.217 e. The molecule has 1 aliphatic rings. The second-order valence-electron chi connectivity index (χ2n) is 4.29. The van der Waals surface area contributed by atoms with Crippen LogP contribution in [-0.4, -0.2) is 18.1 Å². The summed E-state index contributed by atoms with van der Waals surface area (Å²) in [5, 5.41) is 2.89. The predicted octanol–water partition coefficient (Wildman–Crippen LogP) is 1.87. The van der Waals surface area contributed by atoms with E-state index in [0.717, 1.165) is 12.8 Å². The summed E-state index contributed by atoms with van der Waals surface area (Å²) in [6.07, 6.45) is 2.18. The molecule has 1 amide bonds. The highest BCUT2D eigenvalue weighted by Gasteiger charge is 2.30. The van der Waals surface area contributed by atoms with Gasteiger partial charge in [0, 0.05) is 13.0 Å². The van der Waals surface area contributed by atoms with Gasteiger partial charge in [-0.25, -0.2) is 0 Å². The summed E-state index contributed by atoms with van der Waals surface area (Å²) in [7, 11) is 0. The maximum atomic E-state index is 10.8. The quantitative estimate of drug-likeness (QED) is 0.839. The molecular formula is C13H17NO2. The Morgan fingerprint density at radius 3 is 2.69 bits per heavy atom. The van der Waals surface area contributed by atoms with E-state index in [0.29, 0.717) is 18.8 Å². The monoisotopic (exact) mass is 219 g/mol. The Hall–Kier alpha value is -1.35. The topological polar surface area (TPSA) is 38.3 Å². The van der Waals surface area contributed by atoms with E-state index >= 15 is 0 Å².